The monoisotopic (exact) mass is 332 g/mol. The lowest BCUT2D eigenvalue weighted by Crippen LogP contribution is -1.93. The maximum atomic E-state index is 4.56. The Labute approximate surface area is 125 Å². The summed E-state index contributed by atoms with van der Waals surface area (Å²) >= 11 is 5.34. The third-order valence-electron chi connectivity index (χ3n) is 2.94. The Balaban J connectivity index is 2.16. The number of aromatic nitrogens is 2. The highest BCUT2D eigenvalue weighted by Gasteiger charge is 2.12. The van der Waals surface area contributed by atoms with Gasteiger partial charge in [0.1, 0.15) is 0 Å². The van der Waals surface area contributed by atoms with E-state index in [1.54, 1.807) is 11.9 Å². The number of halogens is 1. The fraction of sp³-hybridized carbons (Fsp3) is 0.133. The summed E-state index contributed by atoms with van der Waals surface area (Å²) in [5.74, 6) is 0. The first kappa shape index (κ1) is 12.8. The molecule has 0 saturated carbocycles. The number of rotatable bonds is 2. The largest absolute Gasteiger partial charge is 0.271 e. The van der Waals surface area contributed by atoms with Crippen LogP contribution in [0.3, 0.4) is 0 Å². The molecule has 0 atom stereocenters. The van der Waals surface area contributed by atoms with Gasteiger partial charge in [-0.3, -0.25) is 8.96 Å². The van der Waals surface area contributed by atoms with E-state index in [4.69, 9.17) is 0 Å². The van der Waals surface area contributed by atoms with Crippen molar-refractivity contribution in [2.24, 2.45) is 0 Å². The zero-order chi connectivity index (χ0) is 13.4. The normalized spacial score (nSPS) is 11.1. The zero-order valence-corrected chi connectivity index (χ0v) is 13.1. The van der Waals surface area contributed by atoms with Crippen LogP contribution in [0.1, 0.15) is 11.4 Å². The molecule has 2 aromatic heterocycles. The Morgan fingerprint density at radius 1 is 1.11 bits per heavy atom. The van der Waals surface area contributed by atoms with Crippen LogP contribution >= 0.6 is 27.9 Å². The lowest BCUT2D eigenvalue weighted by molar-refractivity contribution is 1.13. The second kappa shape index (κ2) is 5.02. The molecule has 0 aliphatic heterocycles. The number of aryl methyl sites for hydroxylation is 2. The molecular weight excluding hydrogens is 320 g/mol. The minimum Gasteiger partial charge on any atom is -0.271 e. The number of nitrogens with zero attached hydrogens (tertiary/aromatic N) is 2. The van der Waals surface area contributed by atoms with Gasteiger partial charge in [-0.15, -0.1) is 0 Å². The maximum Gasteiger partial charge on any atom is 0.0966 e. The molecule has 0 spiro atoms. The molecule has 0 aliphatic carbocycles. The van der Waals surface area contributed by atoms with Crippen LogP contribution in [-0.2, 0) is 0 Å². The molecule has 96 valence electrons. The number of fused-ring (bicyclic) bond motifs is 1. The Bertz CT molecular complexity index is 735. The molecule has 2 nitrogen and oxygen atoms in total. The van der Waals surface area contributed by atoms with E-state index >= 15 is 0 Å². The van der Waals surface area contributed by atoms with Gasteiger partial charge in [-0.05, 0) is 66.0 Å². The molecule has 0 saturated heterocycles. The molecule has 3 rings (SSSR count). The smallest absolute Gasteiger partial charge is 0.0966 e. The van der Waals surface area contributed by atoms with E-state index in [2.05, 4.69) is 68.2 Å². The lowest BCUT2D eigenvalue weighted by Gasteiger charge is -2.08. The van der Waals surface area contributed by atoms with Gasteiger partial charge in [0, 0.05) is 16.0 Å². The van der Waals surface area contributed by atoms with Gasteiger partial charge in [0.05, 0.1) is 15.8 Å². The molecule has 0 fully saturated rings. The molecule has 0 N–H and O–H groups in total. The highest BCUT2D eigenvalue weighted by molar-refractivity contribution is 9.10. The van der Waals surface area contributed by atoms with Crippen LogP contribution in [0.4, 0.5) is 0 Å². The van der Waals surface area contributed by atoms with Gasteiger partial charge in [0.2, 0.25) is 0 Å². The van der Waals surface area contributed by atoms with Crippen LogP contribution in [0.15, 0.2) is 52.0 Å². The average Bonchev–Trinajstić information content (AvgIpc) is 2.67. The molecule has 4 heteroatoms. The predicted molar refractivity (Wildman–Crippen MR) is 84.6 cm³/mol. The fourth-order valence-electron chi connectivity index (χ4n) is 2.20. The Morgan fingerprint density at radius 3 is 2.58 bits per heavy atom. The fourth-order valence-corrected chi connectivity index (χ4v) is 3.80. The third-order valence-corrected chi connectivity index (χ3v) is 4.80. The summed E-state index contributed by atoms with van der Waals surface area (Å²) in [4.78, 5) is 5.77. The second-order valence-corrected chi connectivity index (χ2v) is 6.28. The number of benzene rings is 1. The summed E-state index contributed by atoms with van der Waals surface area (Å²) < 4.78 is 3.25. The van der Waals surface area contributed by atoms with Crippen molar-refractivity contribution in [2.75, 3.05) is 0 Å². The van der Waals surface area contributed by atoms with Crippen LogP contribution in [0.25, 0.3) is 10.9 Å². The molecular formula is C15H13BrN2S. The van der Waals surface area contributed by atoms with Gasteiger partial charge in [0.25, 0.3) is 0 Å². The highest BCUT2D eigenvalue weighted by Crippen LogP contribution is 2.33. The maximum absolute atomic E-state index is 4.56. The van der Waals surface area contributed by atoms with Crippen molar-refractivity contribution < 1.29 is 0 Å². The van der Waals surface area contributed by atoms with Crippen molar-refractivity contribution in [3.8, 4) is 0 Å². The Hall–Kier alpha value is -1.26. The molecule has 0 unspecified atom stereocenters. The molecule has 3 aromatic rings. The van der Waals surface area contributed by atoms with Crippen molar-refractivity contribution >= 4 is 38.8 Å². The topological polar surface area (TPSA) is 17.8 Å². The van der Waals surface area contributed by atoms with E-state index in [1.165, 1.54) is 15.8 Å². The summed E-state index contributed by atoms with van der Waals surface area (Å²) in [6.07, 6.45) is 0. The molecule has 19 heavy (non-hydrogen) atoms. The quantitative estimate of drug-likeness (QED) is 0.659. The van der Waals surface area contributed by atoms with E-state index < -0.39 is 0 Å². The van der Waals surface area contributed by atoms with Crippen molar-refractivity contribution in [3.05, 3.63) is 58.5 Å². The van der Waals surface area contributed by atoms with E-state index in [0.717, 1.165) is 16.0 Å². The number of hydrogen-bond donors (Lipinski definition) is 0. The van der Waals surface area contributed by atoms with E-state index in [0.29, 0.717) is 0 Å². The summed E-state index contributed by atoms with van der Waals surface area (Å²) in [6.45, 7) is 4.09. The SMILES string of the molecule is Cc1cc2cc(Br)n(Sc3ccccc3)c2c(C)n1. The Kier molecular flexibility index (Phi) is 3.37. The second-order valence-electron chi connectivity index (χ2n) is 4.45. The summed E-state index contributed by atoms with van der Waals surface area (Å²) in [5, 5.41) is 1.22. The van der Waals surface area contributed by atoms with Gasteiger partial charge >= 0.3 is 0 Å². The van der Waals surface area contributed by atoms with E-state index in [1.807, 2.05) is 13.0 Å². The van der Waals surface area contributed by atoms with Gasteiger partial charge in [0.15, 0.2) is 0 Å². The first-order chi connectivity index (χ1) is 9.15. The van der Waals surface area contributed by atoms with Crippen molar-refractivity contribution in [3.63, 3.8) is 0 Å². The third kappa shape index (κ3) is 2.42. The molecule has 0 radical (unpaired) electrons. The highest BCUT2D eigenvalue weighted by atomic mass is 79.9. The van der Waals surface area contributed by atoms with E-state index in [9.17, 15) is 0 Å². The summed E-state index contributed by atoms with van der Waals surface area (Å²) in [5.41, 5.74) is 3.29. The van der Waals surface area contributed by atoms with Crippen LogP contribution in [0.5, 0.6) is 0 Å². The van der Waals surface area contributed by atoms with Crippen LogP contribution in [-0.4, -0.2) is 8.96 Å². The van der Waals surface area contributed by atoms with Gasteiger partial charge in [-0.1, -0.05) is 18.2 Å². The van der Waals surface area contributed by atoms with Crippen LogP contribution in [0, 0.1) is 13.8 Å². The lowest BCUT2D eigenvalue weighted by atomic mass is 10.2. The van der Waals surface area contributed by atoms with Crippen molar-refractivity contribution in [1.29, 1.82) is 0 Å². The van der Waals surface area contributed by atoms with Crippen molar-refractivity contribution in [1.82, 2.24) is 8.96 Å². The zero-order valence-electron chi connectivity index (χ0n) is 10.7. The minimum absolute atomic E-state index is 1.05. The summed E-state index contributed by atoms with van der Waals surface area (Å²) in [7, 11) is 0. The number of hydrogen-bond acceptors (Lipinski definition) is 2. The van der Waals surface area contributed by atoms with Gasteiger partial charge in [-0.25, -0.2) is 0 Å². The molecule has 1 aromatic carbocycles. The first-order valence-electron chi connectivity index (χ1n) is 6.04. The van der Waals surface area contributed by atoms with Gasteiger partial charge in [-0.2, -0.15) is 0 Å². The summed E-state index contributed by atoms with van der Waals surface area (Å²) in [6, 6.07) is 14.6. The minimum atomic E-state index is 1.05. The first-order valence-corrected chi connectivity index (χ1v) is 7.60. The van der Waals surface area contributed by atoms with Gasteiger partial charge < -0.3 is 0 Å². The molecule has 0 aliphatic rings. The van der Waals surface area contributed by atoms with Crippen LogP contribution in [0.2, 0.25) is 0 Å². The van der Waals surface area contributed by atoms with E-state index in [-0.39, 0.29) is 0 Å². The number of pyridine rings is 1. The molecule has 0 bridgehead atoms. The standard InChI is InChI=1S/C15H13BrN2S/c1-10-8-12-9-14(16)18(15(12)11(2)17-10)19-13-6-4-3-5-7-13/h3-9H,1-2H3. The van der Waals surface area contributed by atoms with Crippen LogP contribution < -0.4 is 0 Å². The van der Waals surface area contributed by atoms with Crippen molar-refractivity contribution in [2.45, 2.75) is 18.7 Å². The average molecular weight is 333 g/mol. The Morgan fingerprint density at radius 2 is 1.84 bits per heavy atom. The molecule has 2 heterocycles. The molecule has 0 amide bonds. The predicted octanol–water partition coefficient (Wildman–Crippen LogP) is 4.97.